The summed E-state index contributed by atoms with van der Waals surface area (Å²) in [5.74, 6) is 0. The molecule has 0 fully saturated rings. The second-order valence-corrected chi connectivity index (χ2v) is 6.59. The molecule has 0 spiro atoms. The van der Waals surface area contributed by atoms with Crippen LogP contribution in [-0.2, 0) is 25.9 Å². The van der Waals surface area contributed by atoms with Gasteiger partial charge in [0.05, 0.1) is 36.4 Å². The van der Waals surface area contributed by atoms with E-state index in [1.807, 2.05) is 50.2 Å². The number of benzene rings is 2. The monoisotopic (exact) mass is 370 g/mol. The van der Waals surface area contributed by atoms with Crippen LogP contribution in [0.25, 0.3) is 0 Å². The molecule has 0 saturated carbocycles. The molecule has 0 N–H and O–H groups in total. The maximum Gasteiger partial charge on any atom is 0.329 e. The zero-order chi connectivity index (χ0) is 20.1. The zero-order valence-electron chi connectivity index (χ0n) is 16.1. The molecular formula is C23H22N4O. The molecule has 5 nitrogen and oxygen atoms in total. The Labute approximate surface area is 164 Å². The van der Waals surface area contributed by atoms with Crippen molar-refractivity contribution in [1.29, 1.82) is 10.5 Å². The van der Waals surface area contributed by atoms with E-state index >= 15 is 0 Å². The molecular weight excluding hydrogens is 348 g/mol. The molecule has 2 aromatic carbocycles. The predicted molar refractivity (Wildman–Crippen MR) is 108 cm³/mol. The van der Waals surface area contributed by atoms with Crippen LogP contribution >= 0.6 is 0 Å². The van der Waals surface area contributed by atoms with Crippen LogP contribution < -0.4 is 5.69 Å². The molecule has 28 heavy (non-hydrogen) atoms. The van der Waals surface area contributed by atoms with Crippen molar-refractivity contribution in [1.82, 2.24) is 9.13 Å². The van der Waals surface area contributed by atoms with E-state index in [0.717, 1.165) is 35.4 Å². The number of hydrogen-bond donors (Lipinski definition) is 0. The van der Waals surface area contributed by atoms with E-state index in [2.05, 4.69) is 12.1 Å². The third kappa shape index (κ3) is 3.48. The lowest BCUT2D eigenvalue weighted by Crippen LogP contribution is -2.27. The van der Waals surface area contributed by atoms with E-state index < -0.39 is 0 Å². The molecule has 1 aromatic heterocycles. The van der Waals surface area contributed by atoms with Gasteiger partial charge in [-0.3, -0.25) is 9.13 Å². The molecule has 3 rings (SSSR count). The number of hydrogen-bond acceptors (Lipinski definition) is 3. The van der Waals surface area contributed by atoms with Gasteiger partial charge in [0.2, 0.25) is 0 Å². The first kappa shape index (κ1) is 19.2. The van der Waals surface area contributed by atoms with Crippen LogP contribution in [0, 0.1) is 22.7 Å². The highest BCUT2D eigenvalue weighted by Crippen LogP contribution is 2.17. The molecule has 0 bridgehead atoms. The summed E-state index contributed by atoms with van der Waals surface area (Å²) in [6.07, 6.45) is 1.44. The summed E-state index contributed by atoms with van der Waals surface area (Å²) < 4.78 is 3.54. The van der Waals surface area contributed by atoms with Crippen LogP contribution in [0.15, 0.2) is 53.3 Å². The van der Waals surface area contributed by atoms with Crippen LogP contribution in [0.1, 0.15) is 47.5 Å². The minimum Gasteiger partial charge on any atom is -0.292 e. The first-order valence-electron chi connectivity index (χ1n) is 9.41. The third-order valence-electron chi connectivity index (χ3n) is 5.05. The van der Waals surface area contributed by atoms with Crippen LogP contribution in [-0.4, -0.2) is 9.13 Å². The number of imidazole rings is 1. The van der Waals surface area contributed by atoms with Gasteiger partial charge in [-0.2, -0.15) is 10.5 Å². The summed E-state index contributed by atoms with van der Waals surface area (Å²) in [5.41, 5.74) is 4.69. The van der Waals surface area contributed by atoms with Gasteiger partial charge in [-0.05, 0) is 36.1 Å². The molecule has 3 aromatic rings. The van der Waals surface area contributed by atoms with E-state index in [0.29, 0.717) is 24.2 Å². The van der Waals surface area contributed by atoms with E-state index in [-0.39, 0.29) is 5.69 Å². The molecule has 0 aliphatic heterocycles. The summed E-state index contributed by atoms with van der Waals surface area (Å²) in [4.78, 5) is 13.3. The van der Waals surface area contributed by atoms with Gasteiger partial charge in [-0.25, -0.2) is 4.79 Å². The van der Waals surface area contributed by atoms with Crippen molar-refractivity contribution in [3.8, 4) is 12.1 Å². The Balaban J connectivity index is 2.12. The predicted octanol–water partition coefficient (Wildman–Crippen LogP) is 3.61. The minimum absolute atomic E-state index is 0.103. The van der Waals surface area contributed by atoms with Crippen molar-refractivity contribution < 1.29 is 0 Å². The maximum absolute atomic E-state index is 13.3. The molecule has 0 unspecified atom stereocenters. The van der Waals surface area contributed by atoms with Crippen molar-refractivity contribution in [2.75, 3.05) is 0 Å². The van der Waals surface area contributed by atoms with Crippen molar-refractivity contribution in [2.24, 2.45) is 0 Å². The topological polar surface area (TPSA) is 74.5 Å². The Hall–Kier alpha value is -3.57. The molecule has 0 saturated heterocycles. The molecule has 5 heteroatoms. The molecule has 0 radical (unpaired) electrons. The van der Waals surface area contributed by atoms with Crippen LogP contribution in [0.2, 0.25) is 0 Å². The van der Waals surface area contributed by atoms with Crippen LogP contribution in [0.5, 0.6) is 0 Å². The van der Waals surface area contributed by atoms with Crippen LogP contribution in [0.4, 0.5) is 0 Å². The third-order valence-corrected chi connectivity index (χ3v) is 5.05. The summed E-state index contributed by atoms with van der Waals surface area (Å²) in [6.45, 7) is 4.81. The van der Waals surface area contributed by atoms with Gasteiger partial charge in [-0.15, -0.1) is 0 Å². The SMILES string of the molecule is CCc1c(CC)n(Cc2ccccc2C#N)c(=O)n1Cc1ccccc1C#N. The lowest BCUT2D eigenvalue weighted by atomic mass is 10.1. The smallest absolute Gasteiger partial charge is 0.292 e. The lowest BCUT2D eigenvalue weighted by Gasteiger charge is -2.09. The standard InChI is InChI=1S/C23H22N4O/c1-3-21-22(4-2)27(16-20-12-8-6-10-18(20)14-25)23(28)26(21)15-19-11-7-5-9-17(19)13-24/h5-12H,3-4,15-16H2,1-2H3. The first-order chi connectivity index (χ1) is 13.6. The van der Waals surface area contributed by atoms with Crippen molar-refractivity contribution in [3.05, 3.63) is 92.7 Å². The van der Waals surface area contributed by atoms with Crippen molar-refractivity contribution in [3.63, 3.8) is 0 Å². The second-order valence-electron chi connectivity index (χ2n) is 6.59. The number of nitrogens with zero attached hydrogens (tertiary/aromatic N) is 4. The zero-order valence-corrected chi connectivity index (χ0v) is 16.1. The van der Waals surface area contributed by atoms with Gasteiger partial charge in [0, 0.05) is 11.4 Å². The molecule has 1 heterocycles. The fourth-order valence-corrected chi connectivity index (χ4v) is 3.68. The van der Waals surface area contributed by atoms with Gasteiger partial charge >= 0.3 is 5.69 Å². The summed E-state index contributed by atoms with van der Waals surface area (Å²) in [7, 11) is 0. The molecule has 140 valence electrons. The summed E-state index contributed by atoms with van der Waals surface area (Å²) in [5, 5.41) is 18.8. The fourth-order valence-electron chi connectivity index (χ4n) is 3.68. The van der Waals surface area contributed by atoms with Gasteiger partial charge in [0.1, 0.15) is 0 Å². The van der Waals surface area contributed by atoms with Gasteiger partial charge in [-0.1, -0.05) is 50.2 Å². The Morgan fingerprint density at radius 3 is 1.50 bits per heavy atom. The quantitative estimate of drug-likeness (QED) is 0.665. The highest BCUT2D eigenvalue weighted by Gasteiger charge is 2.19. The first-order valence-corrected chi connectivity index (χ1v) is 9.41. The molecule has 0 amide bonds. The number of aromatic nitrogens is 2. The number of rotatable bonds is 6. The largest absolute Gasteiger partial charge is 0.329 e. The van der Waals surface area contributed by atoms with Crippen molar-refractivity contribution >= 4 is 0 Å². The van der Waals surface area contributed by atoms with Gasteiger partial charge < -0.3 is 0 Å². The van der Waals surface area contributed by atoms with Crippen molar-refractivity contribution in [2.45, 2.75) is 39.8 Å². The summed E-state index contributed by atoms with van der Waals surface area (Å²) >= 11 is 0. The Kier molecular flexibility index (Phi) is 5.77. The van der Waals surface area contributed by atoms with Gasteiger partial charge in [0.25, 0.3) is 0 Å². The highest BCUT2D eigenvalue weighted by atomic mass is 16.1. The highest BCUT2D eigenvalue weighted by molar-refractivity contribution is 5.39. The van der Waals surface area contributed by atoms with E-state index in [1.54, 1.807) is 21.3 Å². The minimum atomic E-state index is -0.103. The molecule has 0 aliphatic rings. The van der Waals surface area contributed by atoms with E-state index in [4.69, 9.17) is 0 Å². The fraction of sp³-hybridized carbons (Fsp3) is 0.261. The van der Waals surface area contributed by atoms with E-state index in [9.17, 15) is 15.3 Å². The Morgan fingerprint density at radius 2 is 1.14 bits per heavy atom. The Bertz CT molecular complexity index is 1050. The Morgan fingerprint density at radius 1 is 0.750 bits per heavy atom. The normalized spacial score (nSPS) is 10.4. The average Bonchev–Trinajstić information content (AvgIpc) is 2.99. The molecule has 0 aliphatic carbocycles. The maximum atomic E-state index is 13.3. The average molecular weight is 370 g/mol. The number of nitriles is 2. The summed E-state index contributed by atoms with van der Waals surface area (Å²) in [6, 6.07) is 19.1. The molecule has 0 atom stereocenters. The van der Waals surface area contributed by atoms with Gasteiger partial charge in [0.15, 0.2) is 0 Å². The second kappa shape index (κ2) is 8.41. The van der Waals surface area contributed by atoms with Crippen LogP contribution in [0.3, 0.4) is 0 Å². The lowest BCUT2D eigenvalue weighted by molar-refractivity contribution is 0.663. The van der Waals surface area contributed by atoms with E-state index in [1.165, 1.54) is 0 Å².